The zero-order valence-corrected chi connectivity index (χ0v) is 22.6. The third kappa shape index (κ3) is 5.44. The molecule has 38 heavy (non-hydrogen) atoms. The van der Waals surface area contributed by atoms with Crippen LogP contribution in [0.15, 0.2) is 34.0 Å². The molecule has 1 aromatic carbocycles. The average Bonchev–Trinajstić information content (AvgIpc) is 3.15. The number of halogens is 1. The van der Waals surface area contributed by atoms with Crippen molar-refractivity contribution in [2.75, 3.05) is 42.5 Å². The topological polar surface area (TPSA) is 110 Å². The second kappa shape index (κ2) is 11.4. The van der Waals surface area contributed by atoms with Gasteiger partial charge in [0, 0.05) is 57.4 Å². The van der Waals surface area contributed by atoms with Crippen LogP contribution in [0.1, 0.15) is 29.5 Å². The fourth-order valence-corrected chi connectivity index (χ4v) is 5.93. The van der Waals surface area contributed by atoms with E-state index in [1.807, 2.05) is 6.07 Å². The lowest BCUT2D eigenvalue weighted by molar-refractivity contribution is -0.137. The highest BCUT2D eigenvalue weighted by molar-refractivity contribution is 8.26. The summed E-state index contributed by atoms with van der Waals surface area (Å²) in [5.41, 5.74) is 1.55. The molecule has 2 saturated heterocycles. The SMILES string of the molecule is Cc1c(/C=C2\SC(=S)N(CCCC(=O)O)C2=O)c(N2CCN(c3ccc(F)cc3)CC2)n(C)c(=O)c1C#N. The van der Waals surface area contributed by atoms with Crippen molar-refractivity contribution in [2.45, 2.75) is 19.8 Å². The van der Waals surface area contributed by atoms with Gasteiger partial charge < -0.3 is 14.9 Å². The second-order valence-corrected chi connectivity index (χ2v) is 10.7. The summed E-state index contributed by atoms with van der Waals surface area (Å²) >= 11 is 6.49. The van der Waals surface area contributed by atoms with Crippen LogP contribution in [0.2, 0.25) is 0 Å². The van der Waals surface area contributed by atoms with Crippen LogP contribution in [0, 0.1) is 24.1 Å². The second-order valence-electron chi connectivity index (χ2n) is 8.99. The fourth-order valence-electron chi connectivity index (χ4n) is 4.63. The maximum atomic E-state index is 13.4. The van der Waals surface area contributed by atoms with Crippen LogP contribution in [0.5, 0.6) is 0 Å². The maximum Gasteiger partial charge on any atom is 0.303 e. The van der Waals surface area contributed by atoms with Crippen LogP contribution >= 0.6 is 24.0 Å². The molecule has 0 radical (unpaired) electrons. The number of rotatable bonds is 7. The van der Waals surface area contributed by atoms with E-state index in [9.17, 15) is 24.0 Å². The molecule has 0 bridgehead atoms. The number of pyridine rings is 1. The number of thioether (sulfide) groups is 1. The molecule has 1 amide bonds. The summed E-state index contributed by atoms with van der Waals surface area (Å²) in [4.78, 5) is 43.0. The first-order valence-electron chi connectivity index (χ1n) is 12.0. The van der Waals surface area contributed by atoms with E-state index in [1.165, 1.54) is 21.6 Å². The number of anilines is 2. The van der Waals surface area contributed by atoms with Crippen molar-refractivity contribution in [3.8, 4) is 6.07 Å². The van der Waals surface area contributed by atoms with Crippen LogP contribution in [-0.4, -0.2) is 63.5 Å². The summed E-state index contributed by atoms with van der Waals surface area (Å²) in [5.74, 6) is -0.974. The Kier molecular flexibility index (Phi) is 8.18. The lowest BCUT2D eigenvalue weighted by atomic mass is 10.0. The molecular weight excluding hydrogens is 529 g/mol. The Morgan fingerprint density at radius 3 is 2.42 bits per heavy atom. The van der Waals surface area contributed by atoms with Crippen molar-refractivity contribution in [1.29, 1.82) is 5.26 Å². The minimum Gasteiger partial charge on any atom is -0.481 e. The zero-order chi connectivity index (χ0) is 27.6. The number of thiocarbonyl (C=S) groups is 1. The van der Waals surface area contributed by atoms with Crippen molar-refractivity contribution in [3.63, 3.8) is 0 Å². The first-order valence-corrected chi connectivity index (χ1v) is 13.2. The summed E-state index contributed by atoms with van der Waals surface area (Å²) in [5, 5.41) is 18.6. The van der Waals surface area contributed by atoms with E-state index in [2.05, 4.69) is 9.80 Å². The number of carboxylic acid groups (broad SMARTS) is 1. The number of hydrogen-bond donors (Lipinski definition) is 1. The van der Waals surface area contributed by atoms with E-state index >= 15 is 0 Å². The normalized spacial score (nSPS) is 16.9. The van der Waals surface area contributed by atoms with Gasteiger partial charge in [-0.05, 0) is 49.2 Å². The molecule has 3 heterocycles. The maximum absolute atomic E-state index is 13.4. The zero-order valence-electron chi connectivity index (χ0n) is 20.9. The lowest BCUT2D eigenvalue weighted by Gasteiger charge is -2.38. The molecule has 2 aromatic rings. The molecule has 0 unspecified atom stereocenters. The standard InChI is InChI=1S/C26H26FN5O4S2/c1-16-19(14-21-25(36)32(26(37)38-21)9-3-4-22(33)34)23(29(2)24(35)20(16)15-28)31-12-10-30(11-13-31)18-7-5-17(27)6-8-18/h5-8,14H,3-4,9-13H2,1-2H3,(H,33,34)/b21-14-. The van der Waals surface area contributed by atoms with Gasteiger partial charge in [-0.1, -0.05) is 24.0 Å². The summed E-state index contributed by atoms with van der Waals surface area (Å²) in [7, 11) is 1.61. The van der Waals surface area contributed by atoms with E-state index in [1.54, 1.807) is 32.2 Å². The number of amides is 1. The lowest BCUT2D eigenvalue weighted by Crippen LogP contribution is -2.48. The molecule has 2 fully saturated rings. The van der Waals surface area contributed by atoms with E-state index in [0.29, 0.717) is 52.3 Å². The van der Waals surface area contributed by atoms with Crippen molar-refractivity contribution >= 4 is 57.8 Å². The van der Waals surface area contributed by atoms with Gasteiger partial charge in [0.25, 0.3) is 11.5 Å². The largest absolute Gasteiger partial charge is 0.481 e. The van der Waals surface area contributed by atoms with Gasteiger partial charge in [-0.2, -0.15) is 5.26 Å². The van der Waals surface area contributed by atoms with Crippen LogP contribution < -0.4 is 15.4 Å². The first kappa shape index (κ1) is 27.3. The Bertz CT molecular complexity index is 1420. The molecule has 1 aromatic heterocycles. The summed E-state index contributed by atoms with van der Waals surface area (Å²) in [6.07, 6.45) is 1.87. The van der Waals surface area contributed by atoms with Crippen molar-refractivity contribution < 1.29 is 19.1 Å². The predicted octanol–water partition coefficient (Wildman–Crippen LogP) is 3.10. The number of carbonyl (C=O) groups excluding carboxylic acids is 1. The smallest absolute Gasteiger partial charge is 0.303 e. The third-order valence-corrected chi connectivity index (χ3v) is 8.04. The number of carbonyl (C=O) groups is 2. The molecule has 0 atom stereocenters. The van der Waals surface area contributed by atoms with Crippen LogP contribution in [0.3, 0.4) is 0 Å². The minimum atomic E-state index is -0.944. The van der Waals surface area contributed by atoms with Crippen LogP contribution in [0.25, 0.3) is 6.08 Å². The highest BCUT2D eigenvalue weighted by Gasteiger charge is 2.33. The van der Waals surface area contributed by atoms with Crippen molar-refractivity contribution in [1.82, 2.24) is 9.47 Å². The van der Waals surface area contributed by atoms with E-state index in [-0.39, 0.29) is 36.7 Å². The molecule has 4 rings (SSSR count). The number of nitrogens with zero attached hydrogens (tertiary/aromatic N) is 5. The fraction of sp³-hybridized carbons (Fsp3) is 0.346. The highest BCUT2D eigenvalue weighted by atomic mass is 32.2. The number of aromatic nitrogens is 1. The van der Waals surface area contributed by atoms with Gasteiger partial charge in [0.05, 0.1) is 4.91 Å². The van der Waals surface area contributed by atoms with Gasteiger partial charge in [-0.3, -0.25) is 23.9 Å². The highest BCUT2D eigenvalue weighted by Crippen LogP contribution is 2.36. The predicted molar refractivity (Wildman–Crippen MR) is 149 cm³/mol. The third-order valence-electron chi connectivity index (χ3n) is 6.66. The number of aliphatic carboxylic acids is 1. The molecule has 0 saturated carbocycles. The Labute approximate surface area is 228 Å². The molecular formula is C26H26FN5O4S2. The molecule has 12 heteroatoms. The van der Waals surface area contributed by atoms with Gasteiger partial charge >= 0.3 is 5.97 Å². The van der Waals surface area contributed by atoms with Gasteiger partial charge in [0.2, 0.25) is 0 Å². The molecule has 198 valence electrons. The molecule has 2 aliphatic heterocycles. The molecule has 1 N–H and O–H groups in total. The number of nitriles is 1. The minimum absolute atomic E-state index is 0.00406. The quantitative estimate of drug-likeness (QED) is 0.407. The van der Waals surface area contributed by atoms with Crippen molar-refractivity contribution in [3.05, 3.63) is 62.0 Å². The molecule has 0 spiro atoms. The van der Waals surface area contributed by atoms with E-state index in [4.69, 9.17) is 17.3 Å². The Morgan fingerprint density at radius 1 is 1.18 bits per heavy atom. The van der Waals surface area contributed by atoms with Gasteiger partial charge in [0.15, 0.2) is 0 Å². The number of carboxylic acids is 1. The summed E-state index contributed by atoms with van der Waals surface area (Å²) in [6.45, 7) is 4.27. The monoisotopic (exact) mass is 555 g/mol. The summed E-state index contributed by atoms with van der Waals surface area (Å²) < 4.78 is 15.1. The Hall–Kier alpha value is -3.69. The average molecular weight is 556 g/mol. The Morgan fingerprint density at radius 2 is 1.82 bits per heavy atom. The first-order chi connectivity index (χ1) is 18.1. The summed E-state index contributed by atoms with van der Waals surface area (Å²) in [6, 6.07) is 8.31. The van der Waals surface area contributed by atoms with Gasteiger partial charge in [-0.15, -0.1) is 0 Å². The molecule has 2 aliphatic rings. The molecule has 9 nitrogen and oxygen atoms in total. The Balaban J connectivity index is 1.67. The van der Waals surface area contributed by atoms with Crippen LogP contribution in [0.4, 0.5) is 15.9 Å². The van der Waals surface area contributed by atoms with E-state index in [0.717, 1.165) is 17.4 Å². The number of piperazine rings is 1. The molecule has 0 aliphatic carbocycles. The number of benzene rings is 1. The van der Waals surface area contributed by atoms with Crippen molar-refractivity contribution in [2.24, 2.45) is 7.05 Å². The van der Waals surface area contributed by atoms with Gasteiger partial charge in [-0.25, -0.2) is 4.39 Å². The van der Waals surface area contributed by atoms with Crippen LogP contribution in [-0.2, 0) is 16.6 Å². The van der Waals surface area contributed by atoms with E-state index < -0.39 is 11.5 Å². The number of hydrogen-bond acceptors (Lipinski definition) is 8. The van der Waals surface area contributed by atoms with Gasteiger partial charge in [0.1, 0.15) is 27.6 Å².